The van der Waals surface area contributed by atoms with Gasteiger partial charge in [0.25, 0.3) is 5.91 Å². The highest BCUT2D eigenvalue weighted by Crippen LogP contribution is 2.11. The van der Waals surface area contributed by atoms with Crippen molar-refractivity contribution in [2.24, 2.45) is 4.99 Å². The third-order valence-electron chi connectivity index (χ3n) is 4.46. The molecule has 0 saturated heterocycles. The Morgan fingerprint density at radius 3 is 2.40 bits per heavy atom. The molecular weight excluding hydrogens is 491 g/mol. The number of benzene rings is 2. The summed E-state index contributed by atoms with van der Waals surface area (Å²) in [5.74, 6) is 1.69. The third kappa shape index (κ3) is 8.61. The van der Waals surface area contributed by atoms with Crippen molar-refractivity contribution in [3.05, 3.63) is 65.2 Å². The van der Waals surface area contributed by atoms with E-state index in [1.807, 2.05) is 36.4 Å². The molecule has 0 fully saturated rings. The van der Waals surface area contributed by atoms with E-state index >= 15 is 0 Å². The second-order valence-electron chi connectivity index (χ2n) is 6.94. The van der Waals surface area contributed by atoms with Crippen molar-refractivity contribution in [3.63, 3.8) is 0 Å². The molecule has 0 aliphatic carbocycles. The SMILES string of the molecule is CCNC(=NCCc1ccc(OC)cc1)NCCc1cccc(C(=O)N(C)C)c1.I. The predicted molar refractivity (Wildman–Crippen MR) is 134 cm³/mol. The average Bonchev–Trinajstić information content (AvgIpc) is 2.74. The van der Waals surface area contributed by atoms with Gasteiger partial charge in [-0.05, 0) is 55.2 Å². The zero-order valence-corrected chi connectivity index (χ0v) is 20.6. The number of nitrogens with one attached hydrogen (secondary N) is 2. The molecule has 0 spiro atoms. The molecular formula is C23H33IN4O2. The van der Waals surface area contributed by atoms with E-state index in [1.165, 1.54) is 5.56 Å². The van der Waals surface area contributed by atoms with Gasteiger partial charge in [-0.25, -0.2) is 0 Å². The molecule has 0 atom stereocenters. The lowest BCUT2D eigenvalue weighted by molar-refractivity contribution is 0.0827. The summed E-state index contributed by atoms with van der Waals surface area (Å²) < 4.78 is 5.19. The van der Waals surface area contributed by atoms with Crippen molar-refractivity contribution in [1.29, 1.82) is 0 Å². The van der Waals surface area contributed by atoms with Crippen LogP contribution in [0, 0.1) is 0 Å². The first kappa shape index (κ1) is 25.7. The minimum atomic E-state index is 0. The van der Waals surface area contributed by atoms with Crippen LogP contribution >= 0.6 is 24.0 Å². The molecule has 7 heteroatoms. The maximum absolute atomic E-state index is 12.1. The standard InChI is InChI=1S/C23H32N4O2.HI/c1-5-24-23(25-15-13-18-9-11-21(29-4)12-10-18)26-16-14-19-7-6-8-20(17-19)22(28)27(2)3;/h6-12,17H,5,13-16H2,1-4H3,(H2,24,25,26);1H. The van der Waals surface area contributed by atoms with E-state index in [9.17, 15) is 4.79 Å². The summed E-state index contributed by atoms with van der Waals surface area (Å²) in [4.78, 5) is 18.4. The quantitative estimate of drug-likeness (QED) is 0.300. The molecule has 0 unspecified atom stereocenters. The number of nitrogens with zero attached hydrogens (tertiary/aromatic N) is 2. The lowest BCUT2D eigenvalue weighted by Crippen LogP contribution is -2.38. The van der Waals surface area contributed by atoms with Gasteiger partial charge in [-0.1, -0.05) is 24.3 Å². The molecule has 0 aliphatic heterocycles. The molecule has 2 N–H and O–H groups in total. The number of carbonyl (C=O) groups excluding carboxylic acids is 1. The minimum absolute atomic E-state index is 0. The number of hydrogen-bond acceptors (Lipinski definition) is 3. The summed E-state index contributed by atoms with van der Waals surface area (Å²) in [5, 5.41) is 6.64. The van der Waals surface area contributed by atoms with Crippen LogP contribution in [-0.2, 0) is 12.8 Å². The number of rotatable bonds is 9. The predicted octanol–water partition coefficient (Wildman–Crippen LogP) is 3.36. The van der Waals surface area contributed by atoms with Crippen molar-refractivity contribution in [1.82, 2.24) is 15.5 Å². The van der Waals surface area contributed by atoms with Crippen LogP contribution in [0.1, 0.15) is 28.4 Å². The van der Waals surface area contributed by atoms with Crippen molar-refractivity contribution >= 4 is 35.8 Å². The zero-order chi connectivity index (χ0) is 21.1. The number of aliphatic imine (C=N–C) groups is 1. The summed E-state index contributed by atoms with van der Waals surface area (Å²) in [7, 11) is 5.20. The molecule has 0 heterocycles. The molecule has 0 radical (unpaired) electrons. The van der Waals surface area contributed by atoms with Gasteiger partial charge in [-0.15, -0.1) is 24.0 Å². The Morgan fingerprint density at radius 1 is 1.03 bits per heavy atom. The van der Waals surface area contributed by atoms with Crippen LogP contribution in [0.3, 0.4) is 0 Å². The van der Waals surface area contributed by atoms with E-state index in [2.05, 4.69) is 34.7 Å². The summed E-state index contributed by atoms with van der Waals surface area (Å²) in [6.45, 7) is 4.31. The van der Waals surface area contributed by atoms with E-state index in [0.29, 0.717) is 12.1 Å². The van der Waals surface area contributed by atoms with Crippen LogP contribution in [0.4, 0.5) is 0 Å². The fourth-order valence-electron chi connectivity index (χ4n) is 2.87. The summed E-state index contributed by atoms with van der Waals surface area (Å²) >= 11 is 0. The molecule has 2 rings (SSSR count). The zero-order valence-electron chi connectivity index (χ0n) is 18.3. The van der Waals surface area contributed by atoms with Crippen molar-refractivity contribution < 1.29 is 9.53 Å². The van der Waals surface area contributed by atoms with E-state index < -0.39 is 0 Å². The van der Waals surface area contributed by atoms with Crippen molar-refractivity contribution in [3.8, 4) is 5.75 Å². The fourth-order valence-corrected chi connectivity index (χ4v) is 2.87. The number of hydrogen-bond donors (Lipinski definition) is 2. The largest absolute Gasteiger partial charge is 0.497 e. The molecule has 0 aliphatic rings. The number of halogens is 1. The van der Waals surface area contributed by atoms with E-state index in [4.69, 9.17) is 4.74 Å². The van der Waals surface area contributed by atoms with E-state index in [0.717, 1.165) is 43.2 Å². The number of ether oxygens (including phenoxy) is 1. The molecule has 164 valence electrons. The van der Waals surface area contributed by atoms with E-state index in [-0.39, 0.29) is 29.9 Å². The average molecular weight is 524 g/mol. The third-order valence-corrected chi connectivity index (χ3v) is 4.46. The van der Waals surface area contributed by atoms with Gasteiger partial charge < -0.3 is 20.3 Å². The van der Waals surface area contributed by atoms with Crippen molar-refractivity contribution in [2.75, 3.05) is 40.8 Å². The smallest absolute Gasteiger partial charge is 0.253 e. The monoisotopic (exact) mass is 524 g/mol. The van der Waals surface area contributed by atoms with Gasteiger partial charge in [0, 0.05) is 39.3 Å². The van der Waals surface area contributed by atoms with E-state index in [1.54, 1.807) is 26.1 Å². The Labute approximate surface area is 197 Å². The van der Waals surface area contributed by atoms with Crippen LogP contribution in [0.25, 0.3) is 0 Å². The molecule has 30 heavy (non-hydrogen) atoms. The van der Waals surface area contributed by atoms with Crippen LogP contribution in [0.2, 0.25) is 0 Å². The maximum atomic E-state index is 12.1. The number of guanidine groups is 1. The molecule has 0 bridgehead atoms. The molecule has 2 aromatic carbocycles. The van der Waals surface area contributed by atoms with Gasteiger partial charge in [0.1, 0.15) is 5.75 Å². The number of carbonyl (C=O) groups is 1. The molecule has 2 aromatic rings. The fraction of sp³-hybridized carbons (Fsp3) is 0.391. The van der Waals surface area contributed by atoms with Gasteiger partial charge in [0.05, 0.1) is 7.11 Å². The number of methoxy groups -OCH3 is 1. The highest BCUT2D eigenvalue weighted by atomic mass is 127. The first-order chi connectivity index (χ1) is 14.0. The summed E-state index contributed by atoms with van der Waals surface area (Å²) in [6.07, 6.45) is 1.69. The Kier molecular flexibility index (Phi) is 11.9. The molecule has 0 aromatic heterocycles. The van der Waals surface area contributed by atoms with Crippen LogP contribution < -0.4 is 15.4 Å². The maximum Gasteiger partial charge on any atom is 0.253 e. The normalized spacial score (nSPS) is 10.7. The van der Waals surface area contributed by atoms with Crippen LogP contribution in [0.5, 0.6) is 5.75 Å². The summed E-state index contributed by atoms with van der Waals surface area (Å²) in [6, 6.07) is 15.9. The Balaban J connectivity index is 0.00000450. The minimum Gasteiger partial charge on any atom is -0.497 e. The first-order valence-corrected chi connectivity index (χ1v) is 9.99. The molecule has 6 nitrogen and oxygen atoms in total. The highest BCUT2D eigenvalue weighted by molar-refractivity contribution is 14.0. The Bertz CT molecular complexity index is 807. The van der Waals surface area contributed by atoms with Gasteiger partial charge in [-0.3, -0.25) is 9.79 Å². The van der Waals surface area contributed by atoms with Gasteiger partial charge in [0.2, 0.25) is 0 Å². The van der Waals surface area contributed by atoms with Gasteiger partial charge in [0.15, 0.2) is 5.96 Å². The van der Waals surface area contributed by atoms with Crippen molar-refractivity contribution in [2.45, 2.75) is 19.8 Å². The Morgan fingerprint density at radius 2 is 1.77 bits per heavy atom. The molecule has 1 amide bonds. The Hall–Kier alpha value is -2.29. The van der Waals surface area contributed by atoms with Gasteiger partial charge in [-0.2, -0.15) is 0 Å². The molecule has 0 saturated carbocycles. The number of amides is 1. The summed E-state index contributed by atoms with van der Waals surface area (Å²) in [5.41, 5.74) is 3.07. The topological polar surface area (TPSA) is 66.0 Å². The van der Waals surface area contributed by atoms with Crippen LogP contribution in [-0.4, -0.2) is 57.6 Å². The lowest BCUT2D eigenvalue weighted by atomic mass is 10.1. The highest BCUT2D eigenvalue weighted by Gasteiger charge is 2.08. The first-order valence-electron chi connectivity index (χ1n) is 9.99. The second kappa shape index (κ2) is 13.8. The van der Waals surface area contributed by atoms with Crippen LogP contribution in [0.15, 0.2) is 53.5 Å². The van der Waals surface area contributed by atoms with Gasteiger partial charge >= 0.3 is 0 Å². The lowest BCUT2D eigenvalue weighted by Gasteiger charge is -2.13. The second-order valence-corrected chi connectivity index (χ2v) is 6.94.